The van der Waals surface area contributed by atoms with E-state index >= 15 is 0 Å². The Morgan fingerprint density at radius 1 is 1.28 bits per heavy atom. The van der Waals surface area contributed by atoms with E-state index in [1.54, 1.807) is 11.3 Å². The maximum atomic E-state index is 12.5. The minimum atomic E-state index is -5.08. The van der Waals surface area contributed by atoms with Gasteiger partial charge in [0.1, 0.15) is 0 Å². The fourth-order valence-corrected chi connectivity index (χ4v) is 5.15. The molecule has 29 heavy (non-hydrogen) atoms. The minimum absolute atomic E-state index is 0.188. The number of likely N-dealkylation sites (tertiary alicyclic amines) is 1. The lowest BCUT2D eigenvalue weighted by Crippen LogP contribution is -2.40. The van der Waals surface area contributed by atoms with Gasteiger partial charge in [-0.15, -0.1) is 11.3 Å². The van der Waals surface area contributed by atoms with Crippen LogP contribution in [0, 0.1) is 12.3 Å². The first-order chi connectivity index (χ1) is 13.6. The smallest absolute Gasteiger partial charge is 0.475 e. The molecule has 3 aliphatic heterocycles. The van der Waals surface area contributed by atoms with Crippen LogP contribution in [0.4, 0.5) is 18.2 Å². The third kappa shape index (κ3) is 5.29. The van der Waals surface area contributed by atoms with Crippen molar-refractivity contribution in [2.75, 3.05) is 37.7 Å². The molecular weight excluding hydrogens is 409 g/mol. The standard InChI is InChI=1S/C17H24N2O2S.C2HF3O2/c1-13-2-3-16(22-13)19-12-17(10-15(19)20)6-7-18(11-17)14-4-8-21-9-5-14;3-2(4,5)1(6)7/h2-3,14H,4-12H2,1H3;(H,6,7). The van der Waals surface area contributed by atoms with E-state index in [0.717, 1.165) is 63.5 Å². The monoisotopic (exact) mass is 434 g/mol. The number of carboxylic acids is 1. The number of carbonyl (C=O) groups is 2. The van der Waals surface area contributed by atoms with Crippen molar-refractivity contribution in [1.82, 2.24) is 4.90 Å². The Bertz CT molecular complexity index is 748. The number of thiophene rings is 1. The summed E-state index contributed by atoms with van der Waals surface area (Å²) in [4.78, 5) is 27.4. The highest BCUT2D eigenvalue weighted by atomic mass is 32.1. The van der Waals surface area contributed by atoms with Crippen molar-refractivity contribution in [2.24, 2.45) is 5.41 Å². The zero-order valence-electron chi connectivity index (χ0n) is 16.2. The maximum Gasteiger partial charge on any atom is 0.490 e. The third-order valence-electron chi connectivity index (χ3n) is 5.73. The Morgan fingerprint density at radius 3 is 2.48 bits per heavy atom. The Morgan fingerprint density at radius 2 is 1.93 bits per heavy atom. The molecule has 4 rings (SSSR count). The van der Waals surface area contributed by atoms with Crippen LogP contribution in [0.15, 0.2) is 12.1 Å². The summed E-state index contributed by atoms with van der Waals surface area (Å²) in [6, 6.07) is 4.88. The highest BCUT2D eigenvalue weighted by Gasteiger charge is 2.49. The molecule has 0 bridgehead atoms. The van der Waals surface area contributed by atoms with Crippen molar-refractivity contribution < 1.29 is 32.6 Å². The number of alkyl halides is 3. The quantitative estimate of drug-likeness (QED) is 0.774. The van der Waals surface area contributed by atoms with Crippen LogP contribution in [0.3, 0.4) is 0 Å². The zero-order valence-corrected chi connectivity index (χ0v) is 17.0. The van der Waals surface area contributed by atoms with Gasteiger partial charge in [-0.05, 0) is 44.9 Å². The molecule has 0 aliphatic carbocycles. The van der Waals surface area contributed by atoms with Gasteiger partial charge in [0.25, 0.3) is 0 Å². The number of halogens is 3. The molecule has 6 nitrogen and oxygen atoms in total. The van der Waals surface area contributed by atoms with Crippen LogP contribution >= 0.6 is 11.3 Å². The Labute approximate surface area is 171 Å². The Balaban J connectivity index is 0.000000298. The van der Waals surface area contributed by atoms with E-state index in [2.05, 4.69) is 24.0 Å². The van der Waals surface area contributed by atoms with Gasteiger partial charge in [-0.2, -0.15) is 13.2 Å². The van der Waals surface area contributed by atoms with Gasteiger partial charge in [0.15, 0.2) is 0 Å². The van der Waals surface area contributed by atoms with Gasteiger partial charge in [0.05, 0.1) is 5.00 Å². The number of hydrogen-bond donors (Lipinski definition) is 1. The van der Waals surface area contributed by atoms with Crippen LogP contribution in [0.5, 0.6) is 0 Å². The van der Waals surface area contributed by atoms with Gasteiger partial charge in [-0.25, -0.2) is 4.79 Å². The zero-order chi connectivity index (χ0) is 21.2. The molecule has 3 saturated heterocycles. The van der Waals surface area contributed by atoms with Crippen molar-refractivity contribution in [3.63, 3.8) is 0 Å². The molecule has 0 saturated carbocycles. The summed E-state index contributed by atoms with van der Waals surface area (Å²) < 4.78 is 37.2. The van der Waals surface area contributed by atoms with E-state index in [0.29, 0.717) is 11.9 Å². The molecule has 1 aromatic heterocycles. The van der Waals surface area contributed by atoms with E-state index in [4.69, 9.17) is 14.6 Å². The molecule has 1 amide bonds. The second-order valence-electron chi connectivity index (χ2n) is 7.91. The molecule has 1 spiro atoms. The van der Waals surface area contributed by atoms with Crippen molar-refractivity contribution in [2.45, 2.75) is 44.8 Å². The van der Waals surface area contributed by atoms with Gasteiger partial charge in [0.2, 0.25) is 5.91 Å². The summed E-state index contributed by atoms with van der Waals surface area (Å²) in [7, 11) is 0. The lowest BCUT2D eigenvalue weighted by molar-refractivity contribution is -0.192. The fourth-order valence-electron chi connectivity index (χ4n) is 4.27. The number of amides is 1. The summed E-state index contributed by atoms with van der Waals surface area (Å²) in [5.74, 6) is -2.44. The van der Waals surface area contributed by atoms with Crippen molar-refractivity contribution in [1.29, 1.82) is 0 Å². The van der Waals surface area contributed by atoms with Crippen molar-refractivity contribution in [3.05, 3.63) is 17.0 Å². The SMILES string of the molecule is Cc1ccc(N2CC3(CCN(C4CCOCC4)C3)CC2=O)s1.O=C(O)C(F)(F)F. The van der Waals surface area contributed by atoms with Crippen LogP contribution < -0.4 is 4.90 Å². The molecular formula is C19H25F3N2O4S. The number of aliphatic carboxylic acids is 1. The van der Waals surface area contributed by atoms with Crippen LogP contribution in [-0.2, 0) is 14.3 Å². The van der Waals surface area contributed by atoms with E-state index < -0.39 is 12.1 Å². The largest absolute Gasteiger partial charge is 0.490 e. The number of nitrogens with zero attached hydrogens (tertiary/aromatic N) is 2. The second-order valence-corrected chi connectivity index (χ2v) is 9.17. The molecule has 3 fully saturated rings. The molecule has 0 radical (unpaired) electrons. The lowest BCUT2D eigenvalue weighted by Gasteiger charge is -2.32. The highest BCUT2D eigenvalue weighted by Crippen LogP contribution is 2.44. The van der Waals surface area contributed by atoms with E-state index in [-0.39, 0.29) is 5.41 Å². The molecule has 10 heteroatoms. The molecule has 3 aliphatic rings. The Kier molecular flexibility index (Phi) is 6.54. The average molecular weight is 434 g/mol. The first-order valence-corrected chi connectivity index (χ1v) is 10.4. The van der Waals surface area contributed by atoms with Crippen LogP contribution in [-0.4, -0.2) is 66.9 Å². The highest BCUT2D eigenvalue weighted by molar-refractivity contribution is 7.16. The first-order valence-electron chi connectivity index (χ1n) is 9.58. The summed E-state index contributed by atoms with van der Waals surface area (Å²) >= 11 is 1.73. The second kappa shape index (κ2) is 8.61. The van der Waals surface area contributed by atoms with E-state index in [1.165, 1.54) is 4.88 Å². The molecule has 1 N–H and O–H groups in total. The summed E-state index contributed by atoms with van der Waals surface area (Å²) in [6.07, 6.45) is -0.893. The number of hydrogen-bond acceptors (Lipinski definition) is 5. The summed E-state index contributed by atoms with van der Waals surface area (Å²) in [5, 5.41) is 8.25. The van der Waals surface area contributed by atoms with Crippen LogP contribution in [0.2, 0.25) is 0 Å². The van der Waals surface area contributed by atoms with Crippen LogP contribution in [0.1, 0.15) is 30.6 Å². The Hall–Kier alpha value is -1.65. The van der Waals surface area contributed by atoms with E-state index in [1.807, 2.05) is 4.90 Å². The predicted molar refractivity (Wildman–Crippen MR) is 102 cm³/mol. The third-order valence-corrected chi connectivity index (χ3v) is 6.75. The lowest BCUT2D eigenvalue weighted by atomic mass is 9.86. The van der Waals surface area contributed by atoms with Gasteiger partial charge in [0, 0.05) is 49.1 Å². The minimum Gasteiger partial charge on any atom is -0.475 e. The van der Waals surface area contributed by atoms with Crippen LogP contribution in [0.25, 0.3) is 0 Å². The number of aryl methyl sites for hydroxylation is 1. The average Bonchev–Trinajstić information content (AvgIpc) is 3.35. The number of ether oxygens (including phenoxy) is 1. The van der Waals surface area contributed by atoms with Crippen molar-refractivity contribution in [3.8, 4) is 0 Å². The number of carbonyl (C=O) groups excluding carboxylic acids is 1. The van der Waals surface area contributed by atoms with E-state index in [9.17, 15) is 18.0 Å². The van der Waals surface area contributed by atoms with Gasteiger partial charge in [-0.1, -0.05) is 0 Å². The summed E-state index contributed by atoms with van der Waals surface area (Å²) in [6.45, 7) is 7.04. The number of rotatable bonds is 2. The normalized spacial score (nSPS) is 26.1. The number of anilines is 1. The topological polar surface area (TPSA) is 70.1 Å². The van der Waals surface area contributed by atoms with Crippen molar-refractivity contribution >= 4 is 28.2 Å². The molecule has 1 unspecified atom stereocenters. The number of carboxylic acid groups (broad SMARTS) is 1. The predicted octanol–water partition coefficient (Wildman–Crippen LogP) is 3.30. The maximum absolute atomic E-state index is 12.5. The van der Waals surface area contributed by atoms with Gasteiger partial charge < -0.3 is 14.7 Å². The van der Waals surface area contributed by atoms with Gasteiger partial charge >= 0.3 is 12.1 Å². The molecule has 1 aromatic rings. The fraction of sp³-hybridized carbons (Fsp3) is 0.684. The first kappa shape index (κ1) is 22.0. The molecule has 0 aromatic carbocycles. The summed E-state index contributed by atoms with van der Waals surface area (Å²) in [5.41, 5.74) is 0.188. The molecule has 162 valence electrons. The van der Waals surface area contributed by atoms with Gasteiger partial charge in [-0.3, -0.25) is 9.69 Å². The molecule has 1 atom stereocenters. The molecule has 4 heterocycles.